The number of benzene rings is 2. The molecule has 0 saturated carbocycles. The zero-order valence-electron chi connectivity index (χ0n) is 19.6. The van der Waals surface area contributed by atoms with Crippen LogP contribution in [0.4, 0.5) is 48.3 Å². The van der Waals surface area contributed by atoms with E-state index < -0.39 is 41.3 Å². The Kier molecular flexibility index (Phi) is 8.58. The Hall–Kier alpha value is -4.47. The van der Waals surface area contributed by atoms with Gasteiger partial charge < -0.3 is 24.9 Å². The number of anilines is 3. The van der Waals surface area contributed by atoms with E-state index in [0.29, 0.717) is 18.0 Å². The first-order valence-corrected chi connectivity index (χ1v) is 10.7. The van der Waals surface area contributed by atoms with Gasteiger partial charge >= 0.3 is 24.4 Å². The summed E-state index contributed by atoms with van der Waals surface area (Å²) in [5.41, 5.74) is -2.20. The van der Waals surface area contributed by atoms with Gasteiger partial charge in [-0.3, -0.25) is 0 Å². The van der Waals surface area contributed by atoms with E-state index in [2.05, 4.69) is 20.1 Å². The number of methoxy groups -OCH3 is 1. The van der Waals surface area contributed by atoms with Gasteiger partial charge in [-0.1, -0.05) is 17.7 Å². The summed E-state index contributed by atoms with van der Waals surface area (Å²) < 4.78 is 88.7. The molecule has 0 unspecified atom stereocenters. The molecule has 10 nitrogen and oxygen atoms in total. The van der Waals surface area contributed by atoms with Gasteiger partial charge in [0, 0.05) is 24.9 Å². The lowest BCUT2D eigenvalue weighted by Gasteiger charge is -2.23. The van der Waals surface area contributed by atoms with Crippen molar-refractivity contribution in [2.24, 2.45) is 0 Å². The molecule has 0 aliphatic heterocycles. The molecule has 0 fully saturated rings. The van der Waals surface area contributed by atoms with Crippen LogP contribution in [0.3, 0.4) is 0 Å². The van der Waals surface area contributed by atoms with Crippen LogP contribution in [0.5, 0.6) is 17.4 Å². The maximum absolute atomic E-state index is 13.0. The topological polar surface area (TPSA) is 115 Å². The first-order valence-electron chi connectivity index (χ1n) is 10.4. The fourth-order valence-electron chi connectivity index (χ4n) is 2.85. The van der Waals surface area contributed by atoms with Gasteiger partial charge in [-0.15, -0.1) is 5.06 Å². The highest BCUT2D eigenvalue weighted by Crippen LogP contribution is 2.42. The normalized spacial score (nSPS) is 11.4. The molecule has 0 radical (unpaired) electrons. The standard InChI is InChI=1S/C22H16ClF6N5O5/c1-30-16-9-17(32-10-31-16)38-18-14(23)7-13(8-15(18)37-2)34(39-19(35)22(27,28)29)20(36)33-12-5-3-4-11(6-12)21(24,25)26/h3-10H,1-2H3,(H,33,36)(H,30,31,32). The molecule has 2 amide bonds. The average Bonchev–Trinajstić information content (AvgIpc) is 2.87. The zero-order chi connectivity index (χ0) is 29.0. The first-order chi connectivity index (χ1) is 18.2. The summed E-state index contributed by atoms with van der Waals surface area (Å²) in [5.74, 6) is -2.91. The quantitative estimate of drug-likeness (QED) is 0.268. The van der Waals surface area contributed by atoms with Crippen LogP contribution in [-0.4, -0.2) is 42.3 Å². The fraction of sp³-hybridized carbons (Fsp3) is 0.182. The van der Waals surface area contributed by atoms with Crippen molar-refractivity contribution in [2.75, 3.05) is 29.9 Å². The Morgan fingerprint density at radius 3 is 2.36 bits per heavy atom. The number of urea groups is 1. The second-order valence-electron chi connectivity index (χ2n) is 7.23. The summed E-state index contributed by atoms with van der Waals surface area (Å²) >= 11 is 6.23. The summed E-state index contributed by atoms with van der Waals surface area (Å²) in [7, 11) is 2.71. The van der Waals surface area contributed by atoms with E-state index in [0.717, 1.165) is 37.7 Å². The van der Waals surface area contributed by atoms with Gasteiger partial charge in [-0.2, -0.15) is 26.3 Å². The molecule has 3 rings (SSSR count). The third kappa shape index (κ3) is 7.31. The van der Waals surface area contributed by atoms with Gasteiger partial charge in [0.2, 0.25) is 5.88 Å². The lowest BCUT2D eigenvalue weighted by Crippen LogP contribution is -2.41. The maximum Gasteiger partial charge on any atom is 0.493 e. The highest BCUT2D eigenvalue weighted by atomic mass is 35.5. The number of aromatic nitrogens is 2. The molecular formula is C22H16ClF6N5O5. The average molecular weight is 580 g/mol. The van der Waals surface area contributed by atoms with Crippen LogP contribution in [0.15, 0.2) is 48.8 Å². The first kappa shape index (κ1) is 29.1. The Labute approximate surface area is 220 Å². The molecule has 3 aromatic rings. The SMILES string of the molecule is CNc1cc(Oc2c(Cl)cc(N(OC(=O)C(F)(F)F)C(=O)Nc3cccc(C(F)(F)F)c3)cc2OC)ncn1. The van der Waals surface area contributed by atoms with Gasteiger partial charge in [0.15, 0.2) is 11.5 Å². The van der Waals surface area contributed by atoms with Crippen molar-refractivity contribution in [3.8, 4) is 17.4 Å². The third-order valence-corrected chi connectivity index (χ3v) is 4.87. The van der Waals surface area contributed by atoms with Crippen molar-refractivity contribution in [3.05, 3.63) is 59.4 Å². The van der Waals surface area contributed by atoms with Crippen molar-refractivity contribution < 1.29 is 50.2 Å². The smallest absolute Gasteiger partial charge is 0.493 e. The lowest BCUT2D eigenvalue weighted by molar-refractivity contribution is -0.199. The number of hydrogen-bond donors (Lipinski definition) is 2. The second kappa shape index (κ2) is 11.5. The van der Waals surface area contributed by atoms with E-state index in [9.17, 15) is 35.9 Å². The monoisotopic (exact) mass is 579 g/mol. The highest BCUT2D eigenvalue weighted by Gasteiger charge is 2.44. The number of hydrogen-bond acceptors (Lipinski definition) is 8. The van der Waals surface area contributed by atoms with Crippen molar-refractivity contribution in [1.29, 1.82) is 0 Å². The Morgan fingerprint density at radius 2 is 1.74 bits per heavy atom. The number of alkyl halides is 6. The van der Waals surface area contributed by atoms with Gasteiger partial charge in [0.25, 0.3) is 0 Å². The van der Waals surface area contributed by atoms with E-state index in [1.165, 1.54) is 6.07 Å². The zero-order valence-corrected chi connectivity index (χ0v) is 20.4. The van der Waals surface area contributed by atoms with Gasteiger partial charge in [0.1, 0.15) is 12.1 Å². The maximum atomic E-state index is 13.0. The molecule has 39 heavy (non-hydrogen) atoms. The molecule has 0 spiro atoms. The van der Waals surface area contributed by atoms with Crippen molar-refractivity contribution in [1.82, 2.24) is 9.97 Å². The van der Waals surface area contributed by atoms with Crippen molar-refractivity contribution in [3.63, 3.8) is 0 Å². The molecule has 0 atom stereocenters. The van der Waals surface area contributed by atoms with E-state index in [1.54, 1.807) is 7.05 Å². The molecule has 0 aliphatic rings. The molecular weight excluding hydrogens is 564 g/mol. The summed E-state index contributed by atoms with van der Waals surface area (Å²) in [5, 5.41) is 4.19. The summed E-state index contributed by atoms with van der Waals surface area (Å²) in [6, 6.07) is 4.82. The van der Waals surface area contributed by atoms with E-state index in [1.807, 2.05) is 5.32 Å². The number of carbonyl (C=O) groups excluding carboxylic acids is 2. The second-order valence-corrected chi connectivity index (χ2v) is 7.64. The van der Waals surface area contributed by atoms with Crippen LogP contribution in [0.1, 0.15) is 5.56 Å². The predicted molar refractivity (Wildman–Crippen MR) is 125 cm³/mol. The van der Waals surface area contributed by atoms with Crippen molar-refractivity contribution >= 4 is 40.8 Å². The molecule has 2 aromatic carbocycles. The Balaban J connectivity index is 2.00. The molecule has 0 saturated heterocycles. The number of rotatable bonds is 6. The van der Waals surface area contributed by atoms with E-state index in [-0.39, 0.29) is 27.5 Å². The number of hydroxylamine groups is 1. The fourth-order valence-corrected chi connectivity index (χ4v) is 3.10. The summed E-state index contributed by atoms with van der Waals surface area (Å²) in [6.07, 6.45) is -9.16. The van der Waals surface area contributed by atoms with Crippen LogP contribution in [-0.2, 0) is 15.8 Å². The van der Waals surface area contributed by atoms with Gasteiger partial charge in [0.05, 0.1) is 23.4 Å². The molecule has 2 N–H and O–H groups in total. The number of amides is 2. The minimum atomic E-state index is -5.54. The number of ether oxygens (including phenoxy) is 2. The molecule has 0 bridgehead atoms. The largest absolute Gasteiger partial charge is 0.493 e. The molecule has 1 heterocycles. The van der Waals surface area contributed by atoms with E-state index >= 15 is 0 Å². The van der Waals surface area contributed by atoms with E-state index in [4.69, 9.17) is 21.1 Å². The number of halogens is 7. The van der Waals surface area contributed by atoms with Crippen LogP contribution >= 0.6 is 11.6 Å². The number of nitrogens with zero attached hydrogens (tertiary/aromatic N) is 3. The van der Waals surface area contributed by atoms with Gasteiger partial charge in [-0.05, 0) is 24.3 Å². The number of nitrogens with one attached hydrogen (secondary N) is 2. The molecule has 17 heteroatoms. The number of carbonyl (C=O) groups is 2. The summed E-state index contributed by atoms with van der Waals surface area (Å²) in [4.78, 5) is 36.4. The lowest BCUT2D eigenvalue weighted by atomic mass is 10.2. The predicted octanol–water partition coefficient (Wildman–Crippen LogP) is 6.05. The minimum Gasteiger partial charge on any atom is -0.493 e. The Morgan fingerprint density at radius 1 is 1.03 bits per heavy atom. The minimum absolute atomic E-state index is 0.0232. The van der Waals surface area contributed by atoms with Crippen LogP contribution in [0.2, 0.25) is 5.02 Å². The third-order valence-electron chi connectivity index (χ3n) is 4.58. The molecule has 208 valence electrons. The van der Waals surface area contributed by atoms with Crippen molar-refractivity contribution in [2.45, 2.75) is 12.4 Å². The molecule has 0 aliphatic carbocycles. The highest BCUT2D eigenvalue weighted by molar-refractivity contribution is 6.32. The van der Waals surface area contributed by atoms with Crippen LogP contribution in [0, 0.1) is 0 Å². The van der Waals surface area contributed by atoms with Gasteiger partial charge in [-0.25, -0.2) is 19.6 Å². The van der Waals surface area contributed by atoms with Crippen LogP contribution < -0.4 is 25.2 Å². The summed E-state index contributed by atoms with van der Waals surface area (Å²) in [6.45, 7) is 0. The Bertz CT molecular complexity index is 1370. The molecule has 1 aromatic heterocycles. The van der Waals surface area contributed by atoms with Crippen LogP contribution in [0.25, 0.3) is 0 Å².